The number of phenolic OH excluding ortho intramolecular Hbond substituents is 1. The molecule has 8 rings (SSSR count). The fourth-order valence-corrected chi connectivity index (χ4v) is 5.97. The molecule has 0 fully saturated rings. The molecule has 0 spiro atoms. The Hall–Kier alpha value is -5.94. The van der Waals surface area contributed by atoms with Crippen molar-refractivity contribution in [3.63, 3.8) is 0 Å². The highest BCUT2D eigenvalue weighted by Crippen LogP contribution is 2.42. The maximum absolute atomic E-state index is 10.5. The van der Waals surface area contributed by atoms with Crippen molar-refractivity contribution in [2.75, 3.05) is 0 Å². The molecule has 0 bridgehead atoms. The molecule has 44 heavy (non-hydrogen) atoms. The summed E-state index contributed by atoms with van der Waals surface area (Å²) in [6.07, 6.45) is 0. The molecule has 5 aromatic carbocycles. The van der Waals surface area contributed by atoms with Crippen molar-refractivity contribution in [1.29, 1.82) is 0 Å². The van der Waals surface area contributed by atoms with Gasteiger partial charge in [-0.2, -0.15) is 0 Å². The van der Waals surface area contributed by atoms with Crippen LogP contribution >= 0.6 is 0 Å². The summed E-state index contributed by atoms with van der Waals surface area (Å²) in [6.45, 7) is 2.01. The molecule has 5 nitrogen and oxygen atoms in total. The van der Waals surface area contributed by atoms with Crippen LogP contribution in [0.1, 0.15) is 5.69 Å². The number of hydrogen-bond acceptors (Lipinski definition) is 4. The lowest BCUT2D eigenvalue weighted by molar-refractivity contribution is 0.461. The van der Waals surface area contributed by atoms with Crippen LogP contribution in [0.5, 0.6) is 17.4 Å². The van der Waals surface area contributed by atoms with Gasteiger partial charge in [-0.1, -0.05) is 84.9 Å². The van der Waals surface area contributed by atoms with E-state index in [2.05, 4.69) is 76.3 Å². The summed E-state index contributed by atoms with van der Waals surface area (Å²) in [5, 5.41) is 13.5. The van der Waals surface area contributed by atoms with Gasteiger partial charge in [0.15, 0.2) is 0 Å². The molecule has 0 saturated carbocycles. The van der Waals surface area contributed by atoms with Gasteiger partial charge in [-0.15, -0.1) is 0 Å². The minimum Gasteiger partial charge on any atom is -0.506 e. The van der Waals surface area contributed by atoms with Crippen molar-refractivity contribution < 1.29 is 9.84 Å². The normalized spacial score (nSPS) is 11.4. The number of aromatic nitrogens is 3. The van der Waals surface area contributed by atoms with Crippen molar-refractivity contribution in [3.05, 3.63) is 145 Å². The number of benzene rings is 5. The molecule has 0 aliphatic heterocycles. The van der Waals surface area contributed by atoms with Gasteiger partial charge in [0.05, 0.1) is 11.0 Å². The number of nitrogens with zero attached hydrogens (tertiary/aromatic N) is 3. The fourth-order valence-electron chi connectivity index (χ4n) is 5.97. The summed E-state index contributed by atoms with van der Waals surface area (Å²) in [5.41, 5.74) is 7.76. The number of hydrogen-bond donors (Lipinski definition) is 1. The van der Waals surface area contributed by atoms with Crippen molar-refractivity contribution >= 4 is 32.7 Å². The van der Waals surface area contributed by atoms with Crippen LogP contribution < -0.4 is 4.74 Å². The molecule has 1 N–H and O–H groups in total. The Balaban J connectivity index is 1.41. The molecule has 0 amide bonds. The molecule has 0 unspecified atom stereocenters. The zero-order chi connectivity index (χ0) is 29.6. The second-order valence-electron chi connectivity index (χ2n) is 10.9. The second kappa shape index (κ2) is 10.4. The summed E-state index contributed by atoms with van der Waals surface area (Å²) in [6, 6.07) is 46.8. The third-order valence-electron chi connectivity index (χ3n) is 8.05. The van der Waals surface area contributed by atoms with Gasteiger partial charge in [0, 0.05) is 39.5 Å². The van der Waals surface area contributed by atoms with E-state index in [1.54, 1.807) is 6.07 Å². The van der Waals surface area contributed by atoms with E-state index in [1.807, 2.05) is 73.7 Å². The first kappa shape index (κ1) is 25.7. The Morgan fingerprint density at radius 2 is 1.34 bits per heavy atom. The Bertz CT molecular complexity index is 2330. The molecule has 0 aliphatic rings. The van der Waals surface area contributed by atoms with Gasteiger partial charge in [-0.05, 0) is 66.1 Å². The zero-order valence-electron chi connectivity index (χ0n) is 24.0. The van der Waals surface area contributed by atoms with E-state index in [0.717, 1.165) is 61.0 Å². The van der Waals surface area contributed by atoms with Gasteiger partial charge < -0.3 is 9.84 Å². The van der Waals surface area contributed by atoms with Crippen LogP contribution in [0.3, 0.4) is 0 Å². The van der Waals surface area contributed by atoms with Crippen LogP contribution in [0.25, 0.3) is 60.8 Å². The second-order valence-corrected chi connectivity index (χ2v) is 10.9. The maximum atomic E-state index is 10.5. The van der Waals surface area contributed by atoms with Gasteiger partial charge >= 0.3 is 0 Å². The number of para-hydroxylation sites is 1. The topological polar surface area (TPSA) is 60.2 Å². The standard InChI is InChI=1S/C39H27N3O2/c1-25-10-8-17-37(40-25)42-33-20-18-29(26-11-4-2-5-12-26)22-31(33)32-23-30(27-13-6-3-7-14-27)36(24-34(32)42)44-38-21-19-28-15-9-16-35(43)39(28)41-38/h2-24,43H,1H3. The number of aryl methyl sites for hydroxylation is 1. The van der Waals surface area contributed by atoms with E-state index in [9.17, 15) is 5.11 Å². The van der Waals surface area contributed by atoms with Crippen LogP contribution in [-0.4, -0.2) is 19.6 Å². The molecule has 0 radical (unpaired) electrons. The highest BCUT2D eigenvalue weighted by atomic mass is 16.5. The van der Waals surface area contributed by atoms with Crippen molar-refractivity contribution in [2.45, 2.75) is 6.92 Å². The lowest BCUT2D eigenvalue weighted by Crippen LogP contribution is -1.99. The number of pyridine rings is 2. The van der Waals surface area contributed by atoms with Gasteiger partial charge in [0.1, 0.15) is 22.8 Å². The van der Waals surface area contributed by atoms with Crippen molar-refractivity contribution in [3.8, 4) is 45.5 Å². The van der Waals surface area contributed by atoms with Crippen LogP contribution in [-0.2, 0) is 0 Å². The summed E-state index contributed by atoms with van der Waals surface area (Å²) < 4.78 is 8.78. The van der Waals surface area contributed by atoms with E-state index in [-0.39, 0.29) is 5.75 Å². The van der Waals surface area contributed by atoms with Crippen LogP contribution in [0.4, 0.5) is 0 Å². The molecule has 0 atom stereocenters. The van der Waals surface area contributed by atoms with Crippen molar-refractivity contribution in [2.24, 2.45) is 0 Å². The minimum atomic E-state index is 0.117. The zero-order valence-corrected chi connectivity index (χ0v) is 24.0. The average Bonchev–Trinajstić information content (AvgIpc) is 3.38. The number of aromatic hydroxyl groups is 1. The SMILES string of the molecule is Cc1cccc(-n2c3ccc(-c4ccccc4)cc3c3cc(-c4ccccc4)c(Oc4ccc5cccc(O)c5n4)cc32)n1. The first-order chi connectivity index (χ1) is 21.6. The van der Waals surface area contributed by atoms with Crippen molar-refractivity contribution in [1.82, 2.24) is 14.5 Å². The first-order valence-corrected chi connectivity index (χ1v) is 14.6. The Labute approximate surface area is 254 Å². The van der Waals surface area contributed by atoms with Gasteiger partial charge in [0.2, 0.25) is 5.88 Å². The molecular weight excluding hydrogens is 542 g/mol. The molecule has 3 aromatic heterocycles. The molecule has 8 aromatic rings. The third-order valence-corrected chi connectivity index (χ3v) is 8.05. The summed E-state index contributed by atoms with van der Waals surface area (Å²) in [4.78, 5) is 9.59. The third kappa shape index (κ3) is 4.43. The van der Waals surface area contributed by atoms with E-state index in [4.69, 9.17) is 9.72 Å². The van der Waals surface area contributed by atoms with E-state index >= 15 is 0 Å². The molecule has 3 heterocycles. The van der Waals surface area contributed by atoms with Gasteiger partial charge in [-0.25, -0.2) is 9.97 Å². The van der Waals surface area contributed by atoms with Gasteiger partial charge in [0.25, 0.3) is 0 Å². The van der Waals surface area contributed by atoms with Crippen LogP contribution in [0.15, 0.2) is 140 Å². The van der Waals surface area contributed by atoms with Crippen LogP contribution in [0.2, 0.25) is 0 Å². The summed E-state index contributed by atoms with van der Waals surface area (Å²) in [5.74, 6) is 2.01. The van der Waals surface area contributed by atoms with Crippen LogP contribution in [0, 0.1) is 6.92 Å². The Morgan fingerprint density at radius 3 is 2.14 bits per heavy atom. The smallest absolute Gasteiger partial charge is 0.219 e. The molecule has 0 aliphatic carbocycles. The number of fused-ring (bicyclic) bond motifs is 4. The highest BCUT2D eigenvalue weighted by Gasteiger charge is 2.19. The van der Waals surface area contributed by atoms with Gasteiger partial charge in [-0.3, -0.25) is 4.57 Å². The molecular formula is C39H27N3O2. The number of ether oxygens (including phenoxy) is 1. The Kier molecular flexibility index (Phi) is 6.09. The predicted octanol–water partition coefficient (Wildman–Crippen LogP) is 9.87. The lowest BCUT2D eigenvalue weighted by Gasteiger charge is -2.14. The maximum Gasteiger partial charge on any atom is 0.219 e. The van der Waals surface area contributed by atoms with E-state index < -0.39 is 0 Å². The first-order valence-electron chi connectivity index (χ1n) is 14.6. The largest absolute Gasteiger partial charge is 0.506 e. The minimum absolute atomic E-state index is 0.117. The number of rotatable bonds is 5. The fraction of sp³-hybridized carbons (Fsp3) is 0.0256. The highest BCUT2D eigenvalue weighted by molar-refractivity contribution is 6.12. The van der Waals surface area contributed by atoms with E-state index in [1.165, 1.54) is 0 Å². The predicted molar refractivity (Wildman–Crippen MR) is 178 cm³/mol. The quantitative estimate of drug-likeness (QED) is 0.224. The molecule has 210 valence electrons. The monoisotopic (exact) mass is 569 g/mol. The summed E-state index contributed by atoms with van der Waals surface area (Å²) in [7, 11) is 0. The van der Waals surface area contributed by atoms with E-state index in [0.29, 0.717) is 17.1 Å². The average molecular weight is 570 g/mol. The Morgan fingerprint density at radius 1 is 0.591 bits per heavy atom. The molecule has 0 saturated heterocycles. The molecule has 5 heteroatoms. The summed E-state index contributed by atoms with van der Waals surface area (Å²) >= 11 is 0. The lowest BCUT2D eigenvalue weighted by atomic mass is 9.99. The number of phenols is 1.